The number of hydrogen-bond acceptors (Lipinski definition) is 5. The largest absolute Gasteiger partial charge is 0.322 e. The van der Waals surface area contributed by atoms with Gasteiger partial charge in [0.1, 0.15) is 0 Å². The molecule has 0 aliphatic carbocycles. The first-order chi connectivity index (χ1) is 19.9. The number of anilines is 3. The Kier molecular flexibility index (Phi) is 7.77. The predicted molar refractivity (Wildman–Crippen MR) is 167 cm³/mol. The normalized spacial score (nSPS) is 11.7. The Morgan fingerprint density at radius 1 is 0.619 bits per heavy atom. The van der Waals surface area contributed by atoms with Crippen molar-refractivity contribution in [1.82, 2.24) is 0 Å². The summed E-state index contributed by atoms with van der Waals surface area (Å²) in [4.78, 5) is 13.0. The monoisotopic (exact) mass is 599 g/mol. The van der Waals surface area contributed by atoms with Gasteiger partial charge in [0.25, 0.3) is 26.0 Å². The minimum Gasteiger partial charge on any atom is -0.322 e. The van der Waals surface area contributed by atoms with Crippen molar-refractivity contribution < 1.29 is 21.6 Å². The smallest absolute Gasteiger partial charge is 0.262 e. The van der Waals surface area contributed by atoms with Crippen LogP contribution in [0.4, 0.5) is 17.1 Å². The van der Waals surface area contributed by atoms with Crippen LogP contribution in [0.25, 0.3) is 10.8 Å². The van der Waals surface area contributed by atoms with E-state index in [4.69, 9.17) is 0 Å². The van der Waals surface area contributed by atoms with Gasteiger partial charge in [0.15, 0.2) is 0 Å². The van der Waals surface area contributed by atoms with Gasteiger partial charge in [0, 0.05) is 22.3 Å². The van der Waals surface area contributed by atoms with Gasteiger partial charge >= 0.3 is 0 Å². The van der Waals surface area contributed by atoms with E-state index in [-0.39, 0.29) is 15.4 Å². The summed E-state index contributed by atoms with van der Waals surface area (Å²) in [5.74, 6) is -0.540. The van der Waals surface area contributed by atoms with Crippen molar-refractivity contribution in [2.24, 2.45) is 0 Å². The van der Waals surface area contributed by atoms with Crippen LogP contribution in [0.5, 0.6) is 0 Å². The van der Waals surface area contributed by atoms with E-state index in [1.165, 1.54) is 36.4 Å². The number of carbonyl (C=O) groups excluding carboxylic acids is 1. The second-order valence-electron chi connectivity index (χ2n) is 10.1. The molecule has 3 N–H and O–H groups in total. The number of rotatable bonds is 8. The van der Waals surface area contributed by atoms with Gasteiger partial charge in [0.05, 0.1) is 15.5 Å². The van der Waals surface area contributed by atoms with Crippen LogP contribution in [0.2, 0.25) is 0 Å². The molecule has 0 bridgehead atoms. The molecule has 0 spiro atoms. The molecule has 0 unspecified atom stereocenters. The molecule has 0 fully saturated rings. The number of sulfonamides is 2. The fourth-order valence-electron chi connectivity index (χ4n) is 4.71. The first-order valence-corrected chi connectivity index (χ1v) is 16.0. The van der Waals surface area contributed by atoms with Crippen molar-refractivity contribution in [3.8, 4) is 0 Å². The standard InChI is InChI=1S/C32H29N3O5S2/c1-21-17-22(2)19-27(18-21)34-42(39,40)31-20-25(12-11-23(31)3)32(36)33-26-13-15-28(16-14-26)41(37,38)35-30-10-6-8-24-7-4-5-9-29(24)30/h4-20,34-35H,1-3H3,(H,33,36). The molecule has 0 heterocycles. The third kappa shape index (κ3) is 6.29. The van der Waals surface area contributed by atoms with E-state index in [1.54, 1.807) is 37.3 Å². The SMILES string of the molecule is Cc1cc(C)cc(NS(=O)(=O)c2cc(C(=O)Nc3ccc(S(=O)(=O)Nc4cccc5ccccc45)cc3)ccc2C)c1. The van der Waals surface area contributed by atoms with Crippen LogP contribution in [0.1, 0.15) is 27.0 Å². The van der Waals surface area contributed by atoms with Crippen LogP contribution in [-0.2, 0) is 20.0 Å². The second kappa shape index (κ2) is 11.3. The third-order valence-electron chi connectivity index (χ3n) is 6.67. The highest BCUT2D eigenvalue weighted by molar-refractivity contribution is 7.93. The molecule has 0 aliphatic heterocycles. The molecule has 0 saturated heterocycles. The number of amides is 1. The third-order valence-corrected chi connectivity index (χ3v) is 9.57. The number of carbonyl (C=O) groups is 1. The van der Waals surface area contributed by atoms with Crippen molar-refractivity contribution in [2.45, 2.75) is 30.6 Å². The van der Waals surface area contributed by atoms with Gasteiger partial charge in [0.2, 0.25) is 0 Å². The van der Waals surface area contributed by atoms with Gasteiger partial charge in [-0.15, -0.1) is 0 Å². The zero-order valence-corrected chi connectivity index (χ0v) is 24.8. The summed E-state index contributed by atoms with van der Waals surface area (Å²) in [5, 5.41) is 4.38. The fraction of sp³-hybridized carbons (Fsp3) is 0.0938. The first-order valence-electron chi connectivity index (χ1n) is 13.1. The number of aryl methyl sites for hydroxylation is 3. The van der Waals surface area contributed by atoms with Gasteiger partial charge in [-0.3, -0.25) is 14.2 Å². The number of hydrogen-bond donors (Lipinski definition) is 3. The molecule has 8 nitrogen and oxygen atoms in total. The van der Waals surface area contributed by atoms with Crippen LogP contribution in [-0.4, -0.2) is 22.7 Å². The number of benzene rings is 5. The molecule has 0 saturated carbocycles. The van der Waals surface area contributed by atoms with Crippen LogP contribution in [0.3, 0.4) is 0 Å². The van der Waals surface area contributed by atoms with Crippen LogP contribution >= 0.6 is 0 Å². The summed E-state index contributed by atoms with van der Waals surface area (Å²) in [6, 6.07) is 28.4. The Balaban J connectivity index is 1.32. The van der Waals surface area contributed by atoms with Crippen LogP contribution < -0.4 is 14.8 Å². The van der Waals surface area contributed by atoms with Crippen molar-refractivity contribution in [2.75, 3.05) is 14.8 Å². The Hall–Kier alpha value is -4.67. The number of fused-ring (bicyclic) bond motifs is 1. The molecule has 0 aliphatic rings. The lowest BCUT2D eigenvalue weighted by atomic mass is 10.1. The van der Waals surface area contributed by atoms with Crippen LogP contribution in [0.15, 0.2) is 113 Å². The average Bonchev–Trinajstić information content (AvgIpc) is 2.92. The van der Waals surface area contributed by atoms with E-state index in [1.807, 2.05) is 50.2 Å². The van der Waals surface area contributed by atoms with E-state index >= 15 is 0 Å². The average molecular weight is 600 g/mol. The minimum atomic E-state index is -3.97. The maximum Gasteiger partial charge on any atom is 0.262 e. The van der Waals surface area contributed by atoms with Crippen molar-refractivity contribution in [3.05, 3.63) is 125 Å². The Morgan fingerprint density at radius 2 is 1.29 bits per heavy atom. The molecule has 42 heavy (non-hydrogen) atoms. The summed E-state index contributed by atoms with van der Waals surface area (Å²) in [6.07, 6.45) is 0. The molecule has 0 radical (unpaired) electrons. The molecule has 0 aromatic heterocycles. The van der Waals surface area contributed by atoms with Gasteiger partial charge in [-0.2, -0.15) is 0 Å². The van der Waals surface area contributed by atoms with E-state index in [0.29, 0.717) is 22.6 Å². The highest BCUT2D eigenvalue weighted by Gasteiger charge is 2.20. The molecule has 1 amide bonds. The summed E-state index contributed by atoms with van der Waals surface area (Å²) >= 11 is 0. The maximum absolute atomic E-state index is 13.2. The van der Waals surface area contributed by atoms with Gasteiger partial charge < -0.3 is 5.32 Å². The Labute approximate surface area is 245 Å². The lowest BCUT2D eigenvalue weighted by Gasteiger charge is -2.13. The van der Waals surface area contributed by atoms with Crippen molar-refractivity contribution in [1.29, 1.82) is 0 Å². The van der Waals surface area contributed by atoms with E-state index in [2.05, 4.69) is 14.8 Å². The lowest BCUT2D eigenvalue weighted by molar-refractivity contribution is 0.102. The van der Waals surface area contributed by atoms with E-state index in [0.717, 1.165) is 21.9 Å². The molecule has 5 aromatic carbocycles. The molecule has 214 valence electrons. The highest BCUT2D eigenvalue weighted by Crippen LogP contribution is 2.27. The minimum absolute atomic E-state index is 0.0183. The van der Waals surface area contributed by atoms with Gasteiger partial charge in [-0.1, -0.05) is 48.5 Å². The summed E-state index contributed by atoms with van der Waals surface area (Å²) in [6.45, 7) is 5.41. The molecule has 5 aromatic rings. The molecular formula is C32H29N3O5S2. The van der Waals surface area contributed by atoms with Gasteiger partial charge in [-0.25, -0.2) is 16.8 Å². The van der Waals surface area contributed by atoms with E-state index < -0.39 is 26.0 Å². The zero-order chi connectivity index (χ0) is 30.1. The van der Waals surface area contributed by atoms with Crippen molar-refractivity contribution in [3.63, 3.8) is 0 Å². The maximum atomic E-state index is 13.2. The van der Waals surface area contributed by atoms with Crippen molar-refractivity contribution >= 4 is 53.8 Å². The summed E-state index contributed by atoms with van der Waals surface area (Å²) in [5.41, 5.74) is 3.70. The first kappa shape index (κ1) is 28.8. The quantitative estimate of drug-likeness (QED) is 0.185. The van der Waals surface area contributed by atoms with Crippen LogP contribution in [0, 0.1) is 20.8 Å². The topological polar surface area (TPSA) is 121 Å². The molecule has 10 heteroatoms. The molecule has 0 atom stereocenters. The molecule has 5 rings (SSSR count). The number of nitrogens with one attached hydrogen (secondary N) is 3. The lowest BCUT2D eigenvalue weighted by Crippen LogP contribution is -2.17. The Morgan fingerprint density at radius 3 is 2.00 bits per heavy atom. The fourth-order valence-corrected chi connectivity index (χ4v) is 7.11. The van der Waals surface area contributed by atoms with Gasteiger partial charge in [-0.05, 0) is 97.4 Å². The summed E-state index contributed by atoms with van der Waals surface area (Å²) < 4.78 is 57.8. The highest BCUT2D eigenvalue weighted by atomic mass is 32.2. The Bertz CT molecular complexity index is 2010. The zero-order valence-electron chi connectivity index (χ0n) is 23.2. The van der Waals surface area contributed by atoms with E-state index in [9.17, 15) is 21.6 Å². The second-order valence-corrected chi connectivity index (χ2v) is 13.4. The summed E-state index contributed by atoms with van der Waals surface area (Å²) in [7, 11) is -7.87. The molecular weight excluding hydrogens is 571 g/mol. The predicted octanol–water partition coefficient (Wildman–Crippen LogP) is 6.62.